The SMILES string of the molecule is C=C(C)C(=O)OC(CO)COc1cc(C(C)(C)C)cc(C(C)(C)C)c1. The summed E-state index contributed by atoms with van der Waals surface area (Å²) in [5.74, 6) is 0.184. The lowest BCUT2D eigenvalue weighted by Gasteiger charge is -2.26. The third kappa shape index (κ3) is 6.54. The Labute approximate surface area is 151 Å². The van der Waals surface area contributed by atoms with Crippen LogP contribution in [0.15, 0.2) is 30.4 Å². The van der Waals surface area contributed by atoms with Crippen LogP contribution in [0.25, 0.3) is 0 Å². The van der Waals surface area contributed by atoms with Gasteiger partial charge in [0.25, 0.3) is 0 Å². The Bertz CT molecular complexity index is 586. The van der Waals surface area contributed by atoms with Gasteiger partial charge in [-0.2, -0.15) is 0 Å². The van der Waals surface area contributed by atoms with Gasteiger partial charge >= 0.3 is 5.97 Å². The van der Waals surface area contributed by atoms with Gasteiger partial charge in [0, 0.05) is 5.57 Å². The van der Waals surface area contributed by atoms with Gasteiger partial charge in [-0.15, -0.1) is 0 Å². The topological polar surface area (TPSA) is 55.8 Å². The minimum atomic E-state index is -0.722. The summed E-state index contributed by atoms with van der Waals surface area (Å²) in [7, 11) is 0. The van der Waals surface area contributed by atoms with Crippen LogP contribution in [-0.4, -0.2) is 30.4 Å². The molecule has 1 unspecified atom stereocenters. The van der Waals surface area contributed by atoms with Crippen molar-refractivity contribution in [2.45, 2.75) is 65.4 Å². The zero-order chi connectivity index (χ0) is 19.4. The van der Waals surface area contributed by atoms with Crippen molar-refractivity contribution in [3.63, 3.8) is 0 Å². The molecule has 0 aliphatic carbocycles. The lowest BCUT2D eigenvalue weighted by molar-refractivity contribution is -0.147. The second-order valence-electron chi connectivity index (χ2n) is 8.55. The number of esters is 1. The van der Waals surface area contributed by atoms with Crippen molar-refractivity contribution in [2.24, 2.45) is 0 Å². The molecule has 0 fully saturated rings. The third-order valence-corrected chi connectivity index (χ3v) is 3.90. The lowest BCUT2D eigenvalue weighted by Crippen LogP contribution is -2.29. The van der Waals surface area contributed by atoms with Gasteiger partial charge in [0.2, 0.25) is 0 Å². The van der Waals surface area contributed by atoms with E-state index in [0.717, 1.165) is 0 Å². The van der Waals surface area contributed by atoms with Crippen LogP contribution in [0.3, 0.4) is 0 Å². The van der Waals surface area contributed by atoms with Gasteiger partial charge in [0.15, 0.2) is 6.10 Å². The van der Waals surface area contributed by atoms with Crippen molar-refractivity contribution in [3.8, 4) is 5.75 Å². The first kappa shape index (κ1) is 21.2. The van der Waals surface area contributed by atoms with Crippen LogP contribution >= 0.6 is 0 Å². The van der Waals surface area contributed by atoms with E-state index in [1.807, 2.05) is 12.1 Å². The molecular formula is C21H32O4. The molecule has 0 spiro atoms. The molecular weight excluding hydrogens is 316 g/mol. The standard InChI is InChI=1S/C21H32O4/c1-14(2)19(23)25-18(12-22)13-24-17-10-15(20(3,4)5)9-16(11-17)21(6,7)8/h9-11,18,22H,1,12-13H2,2-8H3. The maximum Gasteiger partial charge on any atom is 0.333 e. The number of ether oxygens (including phenoxy) is 2. The maximum absolute atomic E-state index is 11.6. The highest BCUT2D eigenvalue weighted by Gasteiger charge is 2.22. The summed E-state index contributed by atoms with van der Waals surface area (Å²) in [5.41, 5.74) is 2.62. The quantitative estimate of drug-likeness (QED) is 0.620. The van der Waals surface area contributed by atoms with Crippen molar-refractivity contribution in [1.82, 2.24) is 0 Å². The van der Waals surface area contributed by atoms with Crippen molar-refractivity contribution in [3.05, 3.63) is 41.5 Å². The van der Waals surface area contributed by atoms with E-state index in [2.05, 4.69) is 54.2 Å². The molecule has 0 aliphatic rings. The van der Waals surface area contributed by atoms with Crippen LogP contribution in [0, 0.1) is 0 Å². The van der Waals surface area contributed by atoms with Crippen LogP contribution in [0.1, 0.15) is 59.6 Å². The number of benzene rings is 1. The summed E-state index contributed by atoms with van der Waals surface area (Å²) in [6.07, 6.45) is -0.722. The van der Waals surface area contributed by atoms with Crippen LogP contribution < -0.4 is 4.74 Å². The minimum absolute atomic E-state index is 0.0117. The fourth-order valence-electron chi connectivity index (χ4n) is 2.11. The Morgan fingerprint density at radius 1 is 1.08 bits per heavy atom. The molecule has 1 N–H and O–H groups in total. The second kappa shape index (κ2) is 8.05. The second-order valence-corrected chi connectivity index (χ2v) is 8.55. The summed E-state index contributed by atoms with van der Waals surface area (Å²) in [6, 6.07) is 6.21. The van der Waals surface area contributed by atoms with Crippen LogP contribution in [0.5, 0.6) is 5.75 Å². The van der Waals surface area contributed by atoms with Gasteiger partial charge in [-0.3, -0.25) is 0 Å². The van der Waals surface area contributed by atoms with Crippen molar-refractivity contribution >= 4 is 5.97 Å². The predicted octanol–water partition coefficient (Wildman–Crippen LogP) is 4.14. The smallest absolute Gasteiger partial charge is 0.333 e. The predicted molar refractivity (Wildman–Crippen MR) is 101 cm³/mol. The number of carbonyl (C=O) groups is 1. The summed E-state index contributed by atoms with van der Waals surface area (Å²) in [4.78, 5) is 11.6. The first-order valence-corrected chi connectivity index (χ1v) is 8.61. The molecule has 0 heterocycles. The average Bonchev–Trinajstić information content (AvgIpc) is 2.48. The molecule has 0 radical (unpaired) electrons. The number of aliphatic hydroxyl groups excluding tert-OH is 1. The lowest BCUT2D eigenvalue weighted by atomic mass is 9.80. The summed E-state index contributed by atoms with van der Waals surface area (Å²) in [6.45, 7) is 17.8. The molecule has 4 heteroatoms. The highest BCUT2D eigenvalue weighted by Crippen LogP contribution is 2.33. The van der Waals surface area contributed by atoms with Crippen LogP contribution in [0.2, 0.25) is 0 Å². The van der Waals surface area contributed by atoms with Crippen LogP contribution in [-0.2, 0) is 20.4 Å². The Kier molecular flexibility index (Phi) is 6.83. The van der Waals surface area contributed by atoms with Gasteiger partial charge in [-0.25, -0.2) is 4.79 Å². The summed E-state index contributed by atoms with van der Waals surface area (Å²) in [5, 5.41) is 9.42. The summed E-state index contributed by atoms with van der Waals surface area (Å²) >= 11 is 0. The number of carbonyl (C=O) groups excluding carboxylic acids is 1. The molecule has 140 valence electrons. The number of aliphatic hydroxyl groups is 1. The van der Waals surface area contributed by atoms with Crippen LogP contribution in [0.4, 0.5) is 0 Å². The fraction of sp³-hybridized carbons (Fsp3) is 0.571. The largest absolute Gasteiger partial charge is 0.490 e. The molecule has 1 aromatic carbocycles. The molecule has 4 nitrogen and oxygen atoms in total. The Balaban J connectivity index is 3.00. The minimum Gasteiger partial charge on any atom is -0.490 e. The highest BCUT2D eigenvalue weighted by molar-refractivity contribution is 5.87. The highest BCUT2D eigenvalue weighted by atomic mass is 16.6. The molecule has 0 aromatic heterocycles. The van der Waals surface area contributed by atoms with Gasteiger partial charge in [-0.1, -0.05) is 54.2 Å². The molecule has 25 heavy (non-hydrogen) atoms. The van der Waals surface area contributed by atoms with E-state index in [9.17, 15) is 9.90 Å². The third-order valence-electron chi connectivity index (χ3n) is 3.90. The molecule has 0 aliphatic heterocycles. The monoisotopic (exact) mass is 348 g/mol. The fourth-order valence-corrected chi connectivity index (χ4v) is 2.11. The average molecular weight is 348 g/mol. The number of rotatable bonds is 6. The molecule has 1 rings (SSSR count). The van der Waals surface area contributed by atoms with E-state index in [1.165, 1.54) is 11.1 Å². The van der Waals surface area contributed by atoms with E-state index in [1.54, 1.807) is 6.92 Å². The van der Waals surface area contributed by atoms with Crippen molar-refractivity contribution in [1.29, 1.82) is 0 Å². The normalized spacial score (nSPS) is 13.3. The van der Waals surface area contributed by atoms with Crippen molar-refractivity contribution in [2.75, 3.05) is 13.2 Å². The number of hydrogen-bond acceptors (Lipinski definition) is 4. The Morgan fingerprint density at radius 2 is 1.56 bits per heavy atom. The molecule has 0 bridgehead atoms. The Morgan fingerprint density at radius 3 is 1.92 bits per heavy atom. The molecule has 1 aromatic rings. The first-order chi connectivity index (χ1) is 11.3. The van der Waals surface area contributed by atoms with Gasteiger partial charge in [0.05, 0.1) is 6.61 Å². The molecule has 1 atom stereocenters. The van der Waals surface area contributed by atoms with E-state index < -0.39 is 12.1 Å². The van der Waals surface area contributed by atoms with Gasteiger partial charge < -0.3 is 14.6 Å². The molecule has 0 amide bonds. The van der Waals surface area contributed by atoms with Gasteiger partial charge in [-0.05, 0) is 41.0 Å². The zero-order valence-electron chi connectivity index (χ0n) is 16.6. The molecule has 0 saturated carbocycles. The number of hydrogen-bond donors (Lipinski definition) is 1. The molecule has 0 saturated heterocycles. The van der Waals surface area contributed by atoms with Gasteiger partial charge in [0.1, 0.15) is 12.4 Å². The first-order valence-electron chi connectivity index (χ1n) is 8.61. The van der Waals surface area contributed by atoms with E-state index in [-0.39, 0.29) is 24.0 Å². The zero-order valence-corrected chi connectivity index (χ0v) is 16.6. The Hall–Kier alpha value is -1.81. The maximum atomic E-state index is 11.6. The van der Waals surface area contributed by atoms with E-state index >= 15 is 0 Å². The van der Waals surface area contributed by atoms with E-state index in [4.69, 9.17) is 9.47 Å². The summed E-state index contributed by atoms with van der Waals surface area (Å²) < 4.78 is 11.0. The van der Waals surface area contributed by atoms with Crippen molar-refractivity contribution < 1.29 is 19.4 Å². The van der Waals surface area contributed by atoms with E-state index in [0.29, 0.717) is 11.3 Å².